The Hall–Kier alpha value is -2.83. The molecule has 2 aliphatic rings. The minimum Gasteiger partial charge on any atom is -0.495 e. The standard InChI is InChI=1S/C22H31N5O2/c1-6-11-19(29-5)16(7-2)24-22-23-14-18-20(25-22)27(15-12-9-10-13-15)17(8-3)21(28)26(18)4/h6-7,11,14-15,17H,2,8-10,12-13H2,1,3-5H3,(H,23,24,25)/b11-6-,19-16-. The summed E-state index contributed by atoms with van der Waals surface area (Å²) in [7, 11) is 3.42. The van der Waals surface area contributed by atoms with Crippen LogP contribution in [0.1, 0.15) is 46.0 Å². The Kier molecular flexibility index (Phi) is 6.56. The molecule has 0 aromatic carbocycles. The first-order valence-corrected chi connectivity index (χ1v) is 10.3. The quantitative estimate of drug-likeness (QED) is 0.554. The van der Waals surface area contributed by atoms with E-state index in [1.54, 1.807) is 31.3 Å². The Bertz CT molecular complexity index is 826. The Morgan fingerprint density at radius 1 is 1.41 bits per heavy atom. The normalized spacial score (nSPS) is 20.7. The fourth-order valence-electron chi connectivity index (χ4n) is 4.20. The zero-order chi connectivity index (χ0) is 21.0. The van der Waals surface area contributed by atoms with E-state index >= 15 is 0 Å². The summed E-state index contributed by atoms with van der Waals surface area (Å²) in [4.78, 5) is 26.2. The van der Waals surface area contributed by atoms with E-state index < -0.39 is 0 Å². The van der Waals surface area contributed by atoms with Crippen LogP contribution >= 0.6 is 0 Å². The average molecular weight is 398 g/mol. The van der Waals surface area contributed by atoms with E-state index in [0.717, 1.165) is 30.8 Å². The zero-order valence-electron chi connectivity index (χ0n) is 17.8. The van der Waals surface area contributed by atoms with Crippen LogP contribution in [0.25, 0.3) is 0 Å². The molecule has 1 unspecified atom stereocenters. The van der Waals surface area contributed by atoms with E-state index in [9.17, 15) is 4.79 Å². The predicted molar refractivity (Wildman–Crippen MR) is 117 cm³/mol. The summed E-state index contributed by atoms with van der Waals surface area (Å²) in [6.07, 6.45) is 12.5. The molecule has 29 heavy (non-hydrogen) atoms. The largest absolute Gasteiger partial charge is 0.495 e. The van der Waals surface area contributed by atoms with Crippen molar-refractivity contribution in [2.24, 2.45) is 0 Å². The van der Waals surface area contributed by atoms with E-state index in [-0.39, 0.29) is 11.9 Å². The molecule has 7 heteroatoms. The number of hydrogen-bond acceptors (Lipinski definition) is 6. The molecule has 0 radical (unpaired) electrons. The van der Waals surface area contributed by atoms with Gasteiger partial charge in [0, 0.05) is 13.1 Å². The topological polar surface area (TPSA) is 70.6 Å². The van der Waals surface area contributed by atoms with Crippen molar-refractivity contribution in [2.75, 3.05) is 29.3 Å². The summed E-state index contributed by atoms with van der Waals surface area (Å²) in [6.45, 7) is 7.85. The lowest BCUT2D eigenvalue weighted by Crippen LogP contribution is -2.55. The van der Waals surface area contributed by atoms with Gasteiger partial charge in [0.2, 0.25) is 11.9 Å². The Balaban J connectivity index is 2.04. The van der Waals surface area contributed by atoms with Gasteiger partial charge in [0.05, 0.1) is 19.0 Å². The molecule has 1 aliphatic heterocycles. The Morgan fingerprint density at radius 3 is 2.72 bits per heavy atom. The molecule has 1 N–H and O–H groups in total. The molecule has 0 bridgehead atoms. The highest BCUT2D eigenvalue weighted by atomic mass is 16.5. The number of ether oxygens (including phenoxy) is 1. The van der Waals surface area contributed by atoms with Crippen LogP contribution in [0.2, 0.25) is 0 Å². The number of rotatable bonds is 7. The van der Waals surface area contributed by atoms with Crippen LogP contribution in [-0.4, -0.2) is 42.1 Å². The molecule has 1 aromatic rings. The third-order valence-electron chi connectivity index (χ3n) is 5.67. The van der Waals surface area contributed by atoms with Crippen molar-refractivity contribution in [3.63, 3.8) is 0 Å². The molecular formula is C22H31N5O2. The fraction of sp³-hybridized carbons (Fsp3) is 0.500. The van der Waals surface area contributed by atoms with E-state index in [4.69, 9.17) is 9.72 Å². The van der Waals surface area contributed by atoms with Crippen LogP contribution in [0, 0.1) is 0 Å². The molecule has 0 saturated heterocycles. The molecular weight excluding hydrogens is 366 g/mol. The van der Waals surface area contributed by atoms with Gasteiger partial charge in [-0.3, -0.25) is 4.79 Å². The van der Waals surface area contributed by atoms with Gasteiger partial charge in [-0.15, -0.1) is 0 Å². The van der Waals surface area contributed by atoms with Gasteiger partial charge in [0.25, 0.3) is 0 Å². The van der Waals surface area contributed by atoms with Gasteiger partial charge in [-0.05, 0) is 38.3 Å². The van der Waals surface area contributed by atoms with Crippen LogP contribution in [0.3, 0.4) is 0 Å². The maximum Gasteiger partial charge on any atom is 0.249 e. The van der Waals surface area contributed by atoms with Crippen LogP contribution in [-0.2, 0) is 9.53 Å². The Morgan fingerprint density at radius 2 is 2.14 bits per heavy atom. The van der Waals surface area contributed by atoms with E-state index in [0.29, 0.717) is 23.4 Å². The smallest absolute Gasteiger partial charge is 0.249 e. The first-order chi connectivity index (χ1) is 14.0. The lowest BCUT2D eigenvalue weighted by atomic mass is 10.0. The molecule has 2 heterocycles. The van der Waals surface area contributed by atoms with Gasteiger partial charge in [0.15, 0.2) is 5.82 Å². The fourth-order valence-corrected chi connectivity index (χ4v) is 4.20. The van der Waals surface area contributed by atoms with Crippen molar-refractivity contribution < 1.29 is 9.53 Å². The highest BCUT2D eigenvalue weighted by Gasteiger charge is 2.41. The van der Waals surface area contributed by atoms with Crippen molar-refractivity contribution in [3.8, 4) is 0 Å². The van der Waals surface area contributed by atoms with Crippen molar-refractivity contribution >= 4 is 23.4 Å². The number of hydrogen-bond donors (Lipinski definition) is 1. The second-order valence-corrected chi connectivity index (χ2v) is 7.38. The number of nitrogens with zero attached hydrogens (tertiary/aromatic N) is 4. The molecule has 3 rings (SSSR count). The maximum atomic E-state index is 13.0. The SMILES string of the molecule is C=C/C(Nc1ncc2c(n1)N(C1CCCC1)C(CC)C(=O)N2C)=C(\C=C/C)OC. The molecule has 1 saturated carbocycles. The van der Waals surface area contributed by atoms with Gasteiger partial charge >= 0.3 is 0 Å². The highest BCUT2D eigenvalue weighted by molar-refractivity contribution is 6.04. The monoisotopic (exact) mass is 397 g/mol. The second kappa shape index (κ2) is 9.11. The van der Waals surface area contributed by atoms with Gasteiger partial charge in [0.1, 0.15) is 17.5 Å². The van der Waals surface area contributed by atoms with Gasteiger partial charge < -0.3 is 19.9 Å². The molecule has 156 valence electrons. The minimum absolute atomic E-state index is 0.109. The number of anilines is 3. The second-order valence-electron chi connectivity index (χ2n) is 7.38. The summed E-state index contributed by atoms with van der Waals surface area (Å²) in [6, 6.07) is 0.149. The molecule has 1 atom stereocenters. The third kappa shape index (κ3) is 3.99. The van der Waals surface area contributed by atoms with Crippen LogP contribution in [0.15, 0.2) is 42.5 Å². The van der Waals surface area contributed by atoms with E-state index in [2.05, 4.69) is 28.7 Å². The molecule has 0 spiro atoms. The number of fused-ring (bicyclic) bond motifs is 1. The summed E-state index contributed by atoms with van der Waals surface area (Å²) >= 11 is 0. The summed E-state index contributed by atoms with van der Waals surface area (Å²) < 4.78 is 5.44. The van der Waals surface area contributed by atoms with Gasteiger partial charge in [-0.25, -0.2) is 4.98 Å². The summed E-state index contributed by atoms with van der Waals surface area (Å²) in [5, 5.41) is 3.22. The number of likely N-dealkylation sites (N-methyl/N-ethyl adjacent to an activating group) is 1. The van der Waals surface area contributed by atoms with Crippen molar-refractivity contribution in [3.05, 3.63) is 42.5 Å². The molecule has 1 aromatic heterocycles. The first-order valence-electron chi connectivity index (χ1n) is 10.3. The molecule has 7 nitrogen and oxygen atoms in total. The predicted octanol–water partition coefficient (Wildman–Crippen LogP) is 4.01. The number of nitrogens with one attached hydrogen (secondary N) is 1. The highest BCUT2D eigenvalue weighted by Crippen LogP contribution is 2.39. The van der Waals surface area contributed by atoms with Crippen molar-refractivity contribution in [1.82, 2.24) is 9.97 Å². The number of carbonyl (C=O) groups is 1. The minimum atomic E-state index is -0.190. The summed E-state index contributed by atoms with van der Waals surface area (Å²) in [5.74, 6) is 2.03. The number of amides is 1. The number of aromatic nitrogens is 2. The molecule has 1 fully saturated rings. The van der Waals surface area contributed by atoms with Gasteiger partial charge in [-0.1, -0.05) is 32.4 Å². The number of methoxy groups -OCH3 is 1. The van der Waals surface area contributed by atoms with E-state index in [1.165, 1.54) is 12.8 Å². The van der Waals surface area contributed by atoms with E-state index in [1.807, 2.05) is 19.1 Å². The molecule has 1 aliphatic carbocycles. The number of carbonyl (C=O) groups excluding carboxylic acids is 1. The van der Waals surface area contributed by atoms with Crippen molar-refractivity contribution in [1.29, 1.82) is 0 Å². The molecule has 1 amide bonds. The van der Waals surface area contributed by atoms with Crippen LogP contribution in [0.4, 0.5) is 17.5 Å². The van der Waals surface area contributed by atoms with Crippen LogP contribution in [0.5, 0.6) is 0 Å². The lowest BCUT2D eigenvalue weighted by Gasteiger charge is -2.43. The Labute approximate surface area is 173 Å². The zero-order valence-corrected chi connectivity index (χ0v) is 17.8. The lowest BCUT2D eigenvalue weighted by molar-refractivity contribution is -0.120. The van der Waals surface area contributed by atoms with Gasteiger partial charge in [-0.2, -0.15) is 4.98 Å². The average Bonchev–Trinajstić information content (AvgIpc) is 3.27. The maximum absolute atomic E-state index is 13.0. The first kappa shape index (κ1) is 20.9. The number of allylic oxidation sites excluding steroid dienone is 3. The third-order valence-corrected chi connectivity index (χ3v) is 5.67. The summed E-state index contributed by atoms with van der Waals surface area (Å²) in [5.41, 5.74) is 1.44. The van der Waals surface area contributed by atoms with Crippen LogP contribution < -0.4 is 15.1 Å². The van der Waals surface area contributed by atoms with Crippen molar-refractivity contribution in [2.45, 2.75) is 58.0 Å².